The fraction of sp³-hybridized carbons (Fsp3) is 0.280. The van der Waals surface area contributed by atoms with Crippen molar-refractivity contribution in [1.29, 1.82) is 0 Å². The Morgan fingerprint density at radius 3 is 2.36 bits per heavy atom. The van der Waals surface area contributed by atoms with Crippen LogP contribution in [-0.2, 0) is 0 Å². The Kier molecular flexibility index (Phi) is 4.78. The van der Waals surface area contributed by atoms with Gasteiger partial charge in [0.25, 0.3) is 5.91 Å². The van der Waals surface area contributed by atoms with Crippen LogP contribution in [0.25, 0.3) is 16.7 Å². The quantitative estimate of drug-likeness (QED) is 0.481. The molecule has 1 amide bonds. The Balaban J connectivity index is 1.30. The number of halogens is 1. The number of amides is 1. The van der Waals surface area contributed by atoms with E-state index in [-0.39, 0.29) is 11.5 Å². The van der Waals surface area contributed by atoms with Gasteiger partial charge in [-0.25, -0.2) is 19.0 Å². The summed E-state index contributed by atoms with van der Waals surface area (Å²) in [6.45, 7) is 2.24. The molecule has 4 aromatic rings. The van der Waals surface area contributed by atoms with E-state index in [1.54, 1.807) is 17.0 Å². The second kappa shape index (κ2) is 7.95. The number of hydrogen-bond donors (Lipinski definition) is 0. The number of rotatable bonds is 4. The third-order valence-electron chi connectivity index (χ3n) is 6.34. The number of para-hydroxylation sites is 1. The minimum absolute atomic E-state index is 0.121. The molecule has 0 radical (unpaired) electrons. The number of carbonyl (C=O) groups excluding carboxylic acids is 1. The van der Waals surface area contributed by atoms with Gasteiger partial charge in [-0.1, -0.05) is 30.3 Å². The second-order valence-electron chi connectivity index (χ2n) is 8.57. The first-order valence-electron chi connectivity index (χ1n) is 11.3. The summed E-state index contributed by atoms with van der Waals surface area (Å²) in [4.78, 5) is 26.5. The maximum absolute atomic E-state index is 14.1. The first kappa shape index (κ1) is 19.8. The Labute approximate surface area is 190 Å². The van der Waals surface area contributed by atoms with Gasteiger partial charge in [0.1, 0.15) is 17.5 Å². The van der Waals surface area contributed by atoms with Crippen LogP contribution in [-0.4, -0.2) is 56.7 Å². The van der Waals surface area contributed by atoms with E-state index in [1.165, 1.54) is 12.1 Å². The lowest BCUT2D eigenvalue weighted by Crippen LogP contribution is -2.49. The molecule has 0 N–H and O–H groups in total. The van der Waals surface area contributed by atoms with E-state index in [0.29, 0.717) is 32.1 Å². The van der Waals surface area contributed by atoms with Crippen molar-refractivity contribution in [2.75, 3.05) is 31.1 Å². The number of benzene rings is 2. The highest BCUT2D eigenvalue weighted by atomic mass is 19.1. The molecule has 0 bridgehead atoms. The van der Waals surface area contributed by atoms with E-state index < -0.39 is 5.82 Å². The molecule has 3 heterocycles. The molecular weight excluding hydrogens is 419 g/mol. The molecule has 8 heteroatoms. The molecule has 33 heavy (non-hydrogen) atoms. The number of nitrogens with zero attached hydrogens (tertiary/aromatic N) is 6. The average Bonchev–Trinajstić information content (AvgIpc) is 3.63. The summed E-state index contributed by atoms with van der Waals surface area (Å²) < 4.78 is 16.0. The summed E-state index contributed by atoms with van der Waals surface area (Å²) in [5.41, 5.74) is 1.88. The van der Waals surface area contributed by atoms with E-state index in [0.717, 1.165) is 41.2 Å². The van der Waals surface area contributed by atoms with Crippen molar-refractivity contribution in [2.24, 2.45) is 0 Å². The SMILES string of the molecule is O=C(c1ccccc1F)N1CCN(c2nc(C3CC3)nc3c2cnn3-c2ccccc2)CC1. The molecule has 2 fully saturated rings. The van der Waals surface area contributed by atoms with Crippen molar-refractivity contribution in [2.45, 2.75) is 18.8 Å². The van der Waals surface area contributed by atoms with Gasteiger partial charge in [0, 0.05) is 32.1 Å². The number of aromatic nitrogens is 4. The van der Waals surface area contributed by atoms with E-state index in [9.17, 15) is 9.18 Å². The van der Waals surface area contributed by atoms with E-state index in [1.807, 2.05) is 41.2 Å². The third-order valence-corrected chi connectivity index (χ3v) is 6.34. The molecule has 2 aromatic heterocycles. The molecule has 2 aromatic carbocycles. The van der Waals surface area contributed by atoms with Crippen molar-refractivity contribution in [3.8, 4) is 5.69 Å². The molecule has 1 aliphatic carbocycles. The van der Waals surface area contributed by atoms with Crippen LogP contribution in [0, 0.1) is 5.82 Å². The van der Waals surface area contributed by atoms with E-state index in [2.05, 4.69) is 10.00 Å². The van der Waals surface area contributed by atoms with Crippen LogP contribution in [0.3, 0.4) is 0 Å². The van der Waals surface area contributed by atoms with Crippen molar-refractivity contribution < 1.29 is 9.18 Å². The Morgan fingerprint density at radius 2 is 1.64 bits per heavy atom. The average molecular weight is 442 g/mol. The van der Waals surface area contributed by atoms with Gasteiger partial charge in [-0.05, 0) is 37.1 Å². The first-order chi connectivity index (χ1) is 16.2. The lowest BCUT2D eigenvalue weighted by molar-refractivity contribution is 0.0742. The Hall–Kier alpha value is -3.81. The van der Waals surface area contributed by atoms with Gasteiger partial charge in [-0.2, -0.15) is 5.10 Å². The Bertz CT molecular complexity index is 1330. The Morgan fingerprint density at radius 1 is 0.909 bits per heavy atom. The summed E-state index contributed by atoms with van der Waals surface area (Å²) in [5.74, 6) is 1.37. The van der Waals surface area contributed by atoms with E-state index in [4.69, 9.17) is 9.97 Å². The number of hydrogen-bond acceptors (Lipinski definition) is 5. The third kappa shape index (κ3) is 3.61. The number of piperazine rings is 1. The highest BCUT2D eigenvalue weighted by molar-refractivity contribution is 5.95. The zero-order valence-electron chi connectivity index (χ0n) is 18.1. The van der Waals surface area contributed by atoms with Gasteiger partial charge >= 0.3 is 0 Å². The summed E-state index contributed by atoms with van der Waals surface area (Å²) >= 11 is 0. The molecule has 166 valence electrons. The summed E-state index contributed by atoms with van der Waals surface area (Å²) in [6.07, 6.45) is 4.04. The molecule has 1 saturated heterocycles. The molecule has 2 aliphatic rings. The molecule has 7 nitrogen and oxygen atoms in total. The van der Waals surface area contributed by atoms with Crippen molar-refractivity contribution in [1.82, 2.24) is 24.6 Å². The van der Waals surface area contributed by atoms with Gasteiger partial charge in [0.05, 0.1) is 22.8 Å². The fourth-order valence-corrected chi connectivity index (χ4v) is 4.36. The van der Waals surface area contributed by atoms with Crippen molar-refractivity contribution >= 4 is 22.8 Å². The lowest BCUT2D eigenvalue weighted by Gasteiger charge is -2.35. The highest BCUT2D eigenvalue weighted by Crippen LogP contribution is 2.40. The normalized spacial score (nSPS) is 16.4. The highest BCUT2D eigenvalue weighted by Gasteiger charge is 2.31. The molecule has 0 atom stereocenters. The van der Waals surface area contributed by atoms with Gasteiger partial charge in [0.15, 0.2) is 5.65 Å². The van der Waals surface area contributed by atoms with E-state index >= 15 is 0 Å². The van der Waals surface area contributed by atoms with Crippen molar-refractivity contribution in [3.05, 3.63) is 78.0 Å². The van der Waals surface area contributed by atoms with Gasteiger partial charge in [-0.3, -0.25) is 4.79 Å². The van der Waals surface area contributed by atoms with Gasteiger partial charge in [-0.15, -0.1) is 0 Å². The topological polar surface area (TPSA) is 67.2 Å². The lowest BCUT2D eigenvalue weighted by atomic mass is 10.1. The molecule has 0 unspecified atom stereocenters. The summed E-state index contributed by atoms with van der Waals surface area (Å²) in [6, 6.07) is 16.1. The summed E-state index contributed by atoms with van der Waals surface area (Å²) in [5, 5.41) is 5.52. The van der Waals surface area contributed by atoms with Crippen LogP contribution in [0.2, 0.25) is 0 Å². The van der Waals surface area contributed by atoms with Crippen molar-refractivity contribution in [3.63, 3.8) is 0 Å². The van der Waals surface area contributed by atoms with Crippen LogP contribution in [0.5, 0.6) is 0 Å². The molecular formula is C25H23FN6O. The monoisotopic (exact) mass is 442 g/mol. The van der Waals surface area contributed by atoms with Crippen LogP contribution in [0.4, 0.5) is 10.2 Å². The smallest absolute Gasteiger partial charge is 0.256 e. The number of carbonyl (C=O) groups is 1. The first-order valence-corrected chi connectivity index (χ1v) is 11.3. The predicted octanol–water partition coefficient (Wildman–Crippen LogP) is 3.79. The van der Waals surface area contributed by atoms with Gasteiger partial charge < -0.3 is 9.80 Å². The minimum Gasteiger partial charge on any atom is -0.352 e. The molecule has 1 saturated carbocycles. The zero-order chi connectivity index (χ0) is 22.4. The maximum Gasteiger partial charge on any atom is 0.256 e. The second-order valence-corrected chi connectivity index (χ2v) is 8.57. The molecule has 6 rings (SSSR count). The van der Waals surface area contributed by atoms with Crippen LogP contribution in [0.1, 0.15) is 34.9 Å². The van der Waals surface area contributed by atoms with Crippen LogP contribution >= 0.6 is 0 Å². The standard InChI is InChI=1S/C25H23FN6O/c26-21-9-5-4-8-19(21)25(33)31-14-12-30(13-15-31)23-20-16-27-32(18-6-2-1-3-7-18)24(20)29-22(28-23)17-10-11-17/h1-9,16-17H,10-15H2. The fourth-order valence-electron chi connectivity index (χ4n) is 4.36. The molecule has 0 spiro atoms. The maximum atomic E-state index is 14.1. The van der Waals surface area contributed by atoms with Crippen LogP contribution in [0.15, 0.2) is 60.8 Å². The van der Waals surface area contributed by atoms with Gasteiger partial charge in [0.2, 0.25) is 0 Å². The number of anilines is 1. The molecule has 1 aliphatic heterocycles. The zero-order valence-corrected chi connectivity index (χ0v) is 18.1. The minimum atomic E-state index is -0.482. The number of fused-ring (bicyclic) bond motifs is 1. The van der Waals surface area contributed by atoms with Crippen LogP contribution < -0.4 is 4.90 Å². The largest absolute Gasteiger partial charge is 0.352 e. The predicted molar refractivity (Wildman–Crippen MR) is 123 cm³/mol. The summed E-state index contributed by atoms with van der Waals surface area (Å²) in [7, 11) is 0.